The number of H-pyrrole nitrogens is 1. The molecule has 4 aromatic rings. The highest BCUT2D eigenvalue weighted by Gasteiger charge is 2.16. The van der Waals surface area contributed by atoms with Crippen LogP contribution in [0.3, 0.4) is 0 Å². The lowest BCUT2D eigenvalue weighted by Gasteiger charge is -2.12. The molecule has 0 aliphatic carbocycles. The average molecular weight is 460 g/mol. The average Bonchev–Trinajstić information content (AvgIpc) is 3.39. The summed E-state index contributed by atoms with van der Waals surface area (Å²) >= 11 is 0. The molecule has 10 nitrogen and oxygen atoms in total. The van der Waals surface area contributed by atoms with Gasteiger partial charge in [-0.05, 0) is 38.1 Å². The van der Waals surface area contributed by atoms with Crippen molar-refractivity contribution in [3.05, 3.63) is 53.2 Å². The summed E-state index contributed by atoms with van der Waals surface area (Å²) in [5.74, 6) is 0.226. The SMILES string of the molecule is CC(C)NC(=O)c1cnc2c(c1)/C=C/c1n[nH]c3cnc(cc13)-c1cnn(C)c1COCCO2. The van der Waals surface area contributed by atoms with E-state index in [2.05, 4.69) is 30.6 Å². The summed E-state index contributed by atoms with van der Waals surface area (Å²) in [7, 11) is 1.88. The minimum absolute atomic E-state index is 0.0200. The van der Waals surface area contributed by atoms with Crippen LogP contribution in [0.1, 0.15) is 41.2 Å². The normalized spacial score (nSPS) is 14.7. The Bertz CT molecular complexity index is 1390. The summed E-state index contributed by atoms with van der Waals surface area (Å²) in [6.07, 6.45) is 8.79. The summed E-state index contributed by atoms with van der Waals surface area (Å²) in [5.41, 5.74) is 5.28. The maximum Gasteiger partial charge on any atom is 0.253 e. The van der Waals surface area contributed by atoms with E-state index in [0.29, 0.717) is 36.8 Å². The Hall–Kier alpha value is -4.05. The molecule has 0 saturated carbocycles. The van der Waals surface area contributed by atoms with E-state index in [-0.39, 0.29) is 11.9 Å². The second-order valence-electron chi connectivity index (χ2n) is 8.33. The molecule has 1 aliphatic rings. The molecule has 1 aliphatic heterocycles. The van der Waals surface area contributed by atoms with Crippen LogP contribution in [0.15, 0.2) is 30.7 Å². The first kappa shape index (κ1) is 21.8. The first-order valence-electron chi connectivity index (χ1n) is 11.0. The molecular formula is C24H25N7O3. The Morgan fingerprint density at radius 1 is 1.15 bits per heavy atom. The van der Waals surface area contributed by atoms with Gasteiger partial charge in [0.2, 0.25) is 5.88 Å². The van der Waals surface area contributed by atoms with Gasteiger partial charge < -0.3 is 14.8 Å². The molecule has 0 saturated heterocycles. The highest BCUT2D eigenvalue weighted by atomic mass is 16.5. The molecule has 0 radical (unpaired) electrons. The molecule has 0 spiro atoms. The first-order valence-corrected chi connectivity index (χ1v) is 11.0. The molecule has 2 bridgehead atoms. The number of nitrogens with zero attached hydrogens (tertiary/aromatic N) is 5. The summed E-state index contributed by atoms with van der Waals surface area (Å²) in [6.45, 7) is 4.85. The van der Waals surface area contributed by atoms with Gasteiger partial charge in [0, 0.05) is 35.8 Å². The topological polar surface area (TPSA) is 120 Å². The van der Waals surface area contributed by atoms with Crippen molar-refractivity contribution in [1.82, 2.24) is 35.3 Å². The van der Waals surface area contributed by atoms with Gasteiger partial charge in [0.25, 0.3) is 5.91 Å². The smallest absolute Gasteiger partial charge is 0.253 e. The van der Waals surface area contributed by atoms with Gasteiger partial charge in [-0.3, -0.25) is 19.6 Å². The molecule has 5 heterocycles. The van der Waals surface area contributed by atoms with E-state index >= 15 is 0 Å². The largest absolute Gasteiger partial charge is 0.475 e. The maximum atomic E-state index is 12.5. The van der Waals surface area contributed by atoms with Crippen molar-refractivity contribution in [2.45, 2.75) is 26.5 Å². The van der Waals surface area contributed by atoms with E-state index in [1.54, 1.807) is 23.1 Å². The number of pyridine rings is 2. The number of aromatic nitrogens is 6. The van der Waals surface area contributed by atoms with Gasteiger partial charge in [-0.1, -0.05) is 0 Å². The summed E-state index contributed by atoms with van der Waals surface area (Å²) in [4.78, 5) is 21.5. The lowest BCUT2D eigenvalue weighted by atomic mass is 10.1. The summed E-state index contributed by atoms with van der Waals surface area (Å²) in [5, 5.41) is 15.6. The van der Waals surface area contributed by atoms with Gasteiger partial charge in [-0.2, -0.15) is 10.2 Å². The molecule has 34 heavy (non-hydrogen) atoms. The minimum Gasteiger partial charge on any atom is -0.475 e. The van der Waals surface area contributed by atoms with Gasteiger partial charge in [0.1, 0.15) is 6.61 Å². The van der Waals surface area contributed by atoms with E-state index in [4.69, 9.17) is 9.47 Å². The van der Waals surface area contributed by atoms with Crippen LogP contribution in [0.2, 0.25) is 0 Å². The van der Waals surface area contributed by atoms with Crippen molar-refractivity contribution in [3.63, 3.8) is 0 Å². The van der Waals surface area contributed by atoms with Gasteiger partial charge >= 0.3 is 0 Å². The number of nitrogens with one attached hydrogen (secondary N) is 2. The Balaban J connectivity index is 1.59. The third kappa shape index (κ3) is 4.27. The van der Waals surface area contributed by atoms with Crippen LogP contribution >= 0.6 is 0 Å². The number of fused-ring (bicyclic) bond motifs is 4. The van der Waals surface area contributed by atoms with Crippen molar-refractivity contribution < 1.29 is 14.3 Å². The number of hydrogen-bond donors (Lipinski definition) is 2. The molecule has 10 heteroatoms. The van der Waals surface area contributed by atoms with Crippen LogP contribution in [-0.2, 0) is 18.4 Å². The molecule has 0 unspecified atom stereocenters. The van der Waals surface area contributed by atoms with Crippen molar-refractivity contribution in [3.8, 4) is 17.1 Å². The van der Waals surface area contributed by atoms with E-state index < -0.39 is 0 Å². The molecule has 1 amide bonds. The van der Waals surface area contributed by atoms with Crippen molar-refractivity contribution in [2.75, 3.05) is 13.2 Å². The molecule has 0 fully saturated rings. The number of aryl methyl sites for hydroxylation is 1. The molecule has 4 aromatic heterocycles. The molecule has 0 atom stereocenters. The third-order valence-electron chi connectivity index (χ3n) is 5.50. The number of amides is 1. The Morgan fingerprint density at radius 2 is 2.03 bits per heavy atom. The zero-order chi connectivity index (χ0) is 23.7. The van der Waals surface area contributed by atoms with E-state index in [1.165, 1.54) is 6.20 Å². The number of ether oxygens (including phenoxy) is 2. The Labute approximate surface area is 196 Å². The second-order valence-corrected chi connectivity index (χ2v) is 8.33. The zero-order valence-electron chi connectivity index (χ0n) is 19.2. The van der Waals surface area contributed by atoms with Gasteiger partial charge in [-0.25, -0.2) is 4.98 Å². The van der Waals surface area contributed by atoms with Crippen LogP contribution in [0, 0.1) is 0 Å². The number of aromatic amines is 1. The van der Waals surface area contributed by atoms with E-state index in [1.807, 2.05) is 39.1 Å². The van der Waals surface area contributed by atoms with Crippen LogP contribution in [0.25, 0.3) is 34.3 Å². The molecule has 5 rings (SSSR count). The van der Waals surface area contributed by atoms with Crippen molar-refractivity contribution in [2.24, 2.45) is 7.05 Å². The number of hydrogen-bond acceptors (Lipinski definition) is 7. The van der Waals surface area contributed by atoms with Gasteiger partial charge in [0.15, 0.2) is 0 Å². The molecule has 174 valence electrons. The fourth-order valence-electron chi connectivity index (χ4n) is 3.77. The second kappa shape index (κ2) is 9.06. The molecular weight excluding hydrogens is 434 g/mol. The summed E-state index contributed by atoms with van der Waals surface area (Å²) in [6, 6.07) is 3.77. The highest BCUT2D eigenvalue weighted by Crippen LogP contribution is 2.28. The lowest BCUT2D eigenvalue weighted by Crippen LogP contribution is -2.30. The number of rotatable bonds is 2. The number of carbonyl (C=O) groups is 1. The third-order valence-corrected chi connectivity index (χ3v) is 5.50. The number of carbonyl (C=O) groups excluding carboxylic acids is 1. The maximum absolute atomic E-state index is 12.5. The molecule has 0 aromatic carbocycles. The minimum atomic E-state index is -0.190. The van der Waals surface area contributed by atoms with Crippen molar-refractivity contribution in [1.29, 1.82) is 0 Å². The Morgan fingerprint density at radius 3 is 2.88 bits per heavy atom. The van der Waals surface area contributed by atoms with E-state index in [9.17, 15) is 4.79 Å². The fraction of sp³-hybridized carbons (Fsp3) is 0.292. The van der Waals surface area contributed by atoms with Crippen LogP contribution < -0.4 is 10.1 Å². The standard InChI is InChI=1S/C24H25N7O3/c1-14(2)28-23(32)16-8-15-4-5-19-17-9-20(25-12-21(17)30-29-19)18-11-27-31(3)22(18)13-33-6-7-34-24(15)26-10-16/h4-5,8-12,14H,6-7,13H2,1-3H3,(H,28,32)(H,29,30)/b5-4+. The Kier molecular flexibility index (Phi) is 5.81. The van der Waals surface area contributed by atoms with Crippen LogP contribution in [-0.4, -0.2) is 55.1 Å². The zero-order valence-corrected chi connectivity index (χ0v) is 19.2. The van der Waals surface area contributed by atoms with Gasteiger partial charge in [0.05, 0.1) is 53.8 Å². The summed E-state index contributed by atoms with van der Waals surface area (Å²) < 4.78 is 13.6. The quantitative estimate of drug-likeness (QED) is 0.473. The van der Waals surface area contributed by atoms with Crippen LogP contribution in [0.4, 0.5) is 0 Å². The van der Waals surface area contributed by atoms with E-state index in [0.717, 1.165) is 33.5 Å². The fourth-order valence-corrected chi connectivity index (χ4v) is 3.77. The predicted molar refractivity (Wildman–Crippen MR) is 127 cm³/mol. The van der Waals surface area contributed by atoms with Crippen molar-refractivity contribution >= 4 is 29.0 Å². The van der Waals surface area contributed by atoms with Gasteiger partial charge in [-0.15, -0.1) is 0 Å². The monoisotopic (exact) mass is 459 g/mol. The first-order chi connectivity index (χ1) is 16.5. The molecule has 2 N–H and O–H groups in total. The van der Waals surface area contributed by atoms with Crippen LogP contribution in [0.5, 0.6) is 5.88 Å². The predicted octanol–water partition coefficient (Wildman–Crippen LogP) is 2.97. The lowest BCUT2D eigenvalue weighted by molar-refractivity contribution is 0.0838. The highest BCUT2D eigenvalue weighted by molar-refractivity contribution is 5.96.